The number of benzene rings is 2. The van der Waals surface area contributed by atoms with Crippen LogP contribution in [0, 0.1) is 6.92 Å². The number of nitrogens with zero attached hydrogens (tertiary/aromatic N) is 1. The zero-order chi connectivity index (χ0) is 22.5. The average molecular weight is 453 g/mol. The minimum atomic E-state index is -1.15. The molecular weight excluding hydrogens is 432 g/mol. The Balaban J connectivity index is 1.72. The Morgan fingerprint density at radius 2 is 1.90 bits per heavy atom. The normalized spacial score (nSPS) is 15.5. The van der Waals surface area contributed by atoms with Crippen LogP contribution in [0.1, 0.15) is 28.4 Å². The molecule has 1 aliphatic heterocycles. The van der Waals surface area contributed by atoms with Crippen LogP contribution in [0.2, 0.25) is 0 Å². The third-order valence-corrected chi connectivity index (χ3v) is 5.79. The van der Waals surface area contributed by atoms with Gasteiger partial charge in [-0.05, 0) is 48.8 Å². The van der Waals surface area contributed by atoms with Crippen LogP contribution in [0.25, 0.3) is 6.08 Å². The first-order chi connectivity index (χ1) is 14.7. The molecule has 1 aliphatic rings. The molecule has 2 amide bonds. The quantitative estimate of drug-likeness (QED) is 0.496. The van der Waals surface area contributed by atoms with Crippen LogP contribution in [0.15, 0.2) is 65.1 Å². The number of nitrogens with one attached hydrogen (secondary N) is 1. The van der Waals surface area contributed by atoms with E-state index in [4.69, 9.17) is 12.2 Å². The Kier molecular flexibility index (Phi) is 7.04. The largest absolute Gasteiger partial charge is 0.478 e. The van der Waals surface area contributed by atoms with E-state index in [1.165, 1.54) is 11.0 Å². The van der Waals surface area contributed by atoms with Crippen molar-refractivity contribution in [2.45, 2.75) is 13.8 Å². The molecule has 0 spiro atoms. The number of carbonyl (C=O) groups is 3. The standard InChI is InChI=1S/C23H20N2O4S2/c1-14-8-9-17(22(28)29)18(11-14)24-20(26)13-25-21(27)19(31-23(25)30)12-15(2)10-16-6-4-3-5-7-16/h3-12H,13H2,1-2H3,(H,24,26)(H,28,29)/b15-10+,19-12-. The van der Waals surface area contributed by atoms with Crippen molar-refractivity contribution in [2.24, 2.45) is 0 Å². The predicted molar refractivity (Wildman–Crippen MR) is 127 cm³/mol. The molecule has 3 rings (SSSR count). The van der Waals surface area contributed by atoms with Crippen molar-refractivity contribution >= 4 is 57.8 Å². The molecule has 0 radical (unpaired) electrons. The monoisotopic (exact) mass is 452 g/mol. The molecule has 8 heteroatoms. The maximum atomic E-state index is 12.8. The van der Waals surface area contributed by atoms with E-state index in [1.807, 2.05) is 43.3 Å². The summed E-state index contributed by atoms with van der Waals surface area (Å²) in [5.41, 5.74) is 2.85. The summed E-state index contributed by atoms with van der Waals surface area (Å²) in [6, 6.07) is 14.4. The van der Waals surface area contributed by atoms with Gasteiger partial charge >= 0.3 is 5.97 Å². The fraction of sp³-hybridized carbons (Fsp3) is 0.130. The third kappa shape index (κ3) is 5.68. The summed E-state index contributed by atoms with van der Waals surface area (Å²) < 4.78 is 0.279. The number of thiocarbonyl (C=S) groups is 1. The molecule has 2 N–H and O–H groups in total. The van der Waals surface area contributed by atoms with Crippen molar-refractivity contribution in [1.82, 2.24) is 4.90 Å². The number of allylic oxidation sites excluding steroid dienone is 2. The Hall–Kier alpha value is -3.23. The number of carboxylic acids is 1. The van der Waals surface area contributed by atoms with E-state index in [2.05, 4.69) is 5.32 Å². The number of rotatable bonds is 6. The predicted octanol–water partition coefficient (Wildman–Crippen LogP) is 4.48. The summed E-state index contributed by atoms with van der Waals surface area (Å²) in [6.45, 7) is 3.38. The minimum Gasteiger partial charge on any atom is -0.478 e. The van der Waals surface area contributed by atoms with Crippen LogP contribution in [0.3, 0.4) is 0 Å². The highest BCUT2D eigenvalue weighted by Crippen LogP contribution is 2.32. The van der Waals surface area contributed by atoms with Gasteiger partial charge in [-0.25, -0.2) is 4.79 Å². The van der Waals surface area contributed by atoms with Gasteiger partial charge in [0.2, 0.25) is 5.91 Å². The summed E-state index contributed by atoms with van der Waals surface area (Å²) in [5, 5.41) is 11.9. The van der Waals surface area contributed by atoms with Gasteiger partial charge in [0.15, 0.2) is 0 Å². The highest BCUT2D eigenvalue weighted by Gasteiger charge is 2.33. The van der Waals surface area contributed by atoms with Crippen LogP contribution < -0.4 is 5.32 Å². The van der Waals surface area contributed by atoms with Crippen molar-refractivity contribution in [3.8, 4) is 0 Å². The van der Waals surface area contributed by atoms with E-state index in [1.54, 1.807) is 25.1 Å². The lowest BCUT2D eigenvalue weighted by molar-refractivity contribution is -0.126. The molecule has 1 heterocycles. The van der Waals surface area contributed by atoms with Gasteiger partial charge in [-0.2, -0.15) is 0 Å². The molecule has 2 aromatic carbocycles. The summed E-state index contributed by atoms with van der Waals surface area (Å²) >= 11 is 6.42. The molecule has 0 aromatic heterocycles. The van der Waals surface area contributed by atoms with Crippen molar-refractivity contribution in [2.75, 3.05) is 11.9 Å². The van der Waals surface area contributed by atoms with Gasteiger partial charge in [-0.3, -0.25) is 14.5 Å². The summed E-state index contributed by atoms with van der Waals surface area (Å²) in [4.78, 5) is 38.3. The zero-order valence-corrected chi connectivity index (χ0v) is 18.5. The minimum absolute atomic E-state index is 0.0223. The second-order valence-electron chi connectivity index (χ2n) is 6.97. The number of hydrogen-bond acceptors (Lipinski definition) is 5. The molecule has 0 aliphatic carbocycles. The van der Waals surface area contributed by atoms with E-state index in [0.717, 1.165) is 28.5 Å². The number of carboxylic acid groups (broad SMARTS) is 1. The number of carbonyl (C=O) groups excluding carboxylic acids is 2. The summed E-state index contributed by atoms with van der Waals surface area (Å²) in [6.07, 6.45) is 3.69. The third-order valence-electron chi connectivity index (χ3n) is 4.41. The second kappa shape index (κ2) is 9.72. The van der Waals surface area contributed by atoms with Gasteiger partial charge in [0, 0.05) is 0 Å². The molecule has 0 saturated carbocycles. The molecule has 31 heavy (non-hydrogen) atoms. The Labute approximate surface area is 189 Å². The number of amides is 2. The van der Waals surface area contributed by atoms with E-state index in [-0.39, 0.29) is 28.0 Å². The van der Waals surface area contributed by atoms with Crippen LogP contribution in [-0.4, -0.2) is 38.7 Å². The molecule has 0 bridgehead atoms. The lowest BCUT2D eigenvalue weighted by Crippen LogP contribution is -2.36. The molecular formula is C23H20N2O4S2. The number of aromatic carboxylic acids is 1. The van der Waals surface area contributed by atoms with Gasteiger partial charge in [0.1, 0.15) is 10.9 Å². The average Bonchev–Trinajstić information content (AvgIpc) is 2.95. The number of thioether (sulfide) groups is 1. The summed E-state index contributed by atoms with van der Waals surface area (Å²) in [5.74, 6) is -2.03. The SMILES string of the molecule is CC(/C=C1\SC(=S)N(CC(=O)Nc2cc(C)ccc2C(=O)O)C1=O)=C\c1ccccc1. The molecule has 0 unspecified atom stereocenters. The number of anilines is 1. The fourth-order valence-electron chi connectivity index (χ4n) is 2.98. The van der Waals surface area contributed by atoms with Gasteiger partial charge in [-0.1, -0.05) is 66.5 Å². The Morgan fingerprint density at radius 3 is 2.58 bits per heavy atom. The topological polar surface area (TPSA) is 86.7 Å². The first-order valence-electron chi connectivity index (χ1n) is 9.37. The van der Waals surface area contributed by atoms with E-state index in [9.17, 15) is 19.5 Å². The number of hydrogen-bond donors (Lipinski definition) is 2. The van der Waals surface area contributed by atoms with Crippen LogP contribution in [-0.2, 0) is 9.59 Å². The number of aryl methyl sites for hydroxylation is 1. The zero-order valence-electron chi connectivity index (χ0n) is 16.9. The van der Waals surface area contributed by atoms with Crippen molar-refractivity contribution in [3.63, 3.8) is 0 Å². The van der Waals surface area contributed by atoms with Gasteiger partial charge in [0.25, 0.3) is 5.91 Å². The van der Waals surface area contributed by atoms with Crippen LogP contribution >= 0.6 is 24.0 Å². The van der Waals surface area contributed by atoms with Gasteiger partial charge in [0.05, 0.1) is 16.2 Å². The first kappa shape index (κ1) is 22.5. The van der Waals surface area contributed by atoms with Crippen LogP contribution in [0.4, 0.5) is 5.69 Å². The smallest absolute Gasteiger partial charge is 0.337 e. The van der Waals surface area contributed by atoms with E-state index >= 15 is 0 Å². The molecule has 1 fully saturated rings. The van der Waals surface area contributed by atoms with Crippen molar-refractivity contribution in [3.05, 3.63) is 81.8 Å². The lowest BCUT2D eigenvalue weighted by Gasteiger charge is -2.15. The van der Waals surface area contributed by atoms with Crippen LogP contribution in [0.5, 0.6) is 0 Å². The molecule has 0 atom stereocenters. The molecule has 158 valence electrons. The van der Waals surface area contributed by atoms with Gasteiger partial charge < -0.3 is 10.4 Å². The Bertz CT molecular complexity index is 1120. The van der Waals surface area contributed by atoms with Crippen molar-refractivity contribution < 1.29 is 19.5 Å². The fourth-order valence-corrected chi connectivity index (χ4v) is 4.28. The van der Waals surface area contributed by atoms with Gasteiger partial charge in [-0.15, -0.1) is 0 Å². The van der Waals surface area contributed by atoms with Crippen molar-refractivity contribution in [1.29, 1.82) is 0 Å². The summed E-state index contributed by atoms with van der Waals surface area (Å²) in [7, 11) is 0. The maximum absolute atomic E-state index is 12.8. The maximum Gasteiger partial charge on any atom is 0.337 e. The molecule has 1 saturated heterocycles. The highest BCUT2D eigenvalue weighted by molar-refractivity contribution is 8.26. The Morgan fingerprint density at radius 1 is 1.19 bits per heavy atom. The lowest BCUT2D eigenvalue weighted by atomic mass is 10.1. The second-order valence-corrected chi connectivity index (χ2v) is 8.65. The molecule has 2 aromatic rings. The van der Waals surface area contributed by atoms with E-state index < -0.39 is 11.9 Å². The molecule has 6 nitrogen and oxygen atoms in total. The first-order valence-corrected chi connectivity index (χ1v) is 10.6. The van der Waals surface area contributed by atoms with E-state index in [0.29, 0.717) is 4.91 Å². The highest BCUT2D eigenvalue weighted by atomic mass is 32.2.